The Hall–Kier alpha value is -8.78. The van der Waals surface area contributed by atoms with E-state index in [1.54, 1.807) is 11.1 Å². The molecule has 95 heavy (non-hydrogen) atoms. The van der Waals surface area contributed by atoms with Gasteiger partial charge in [-0.05, 0) is 239 Å². The number of hydrogen-bond donors (Lipinski definition) is 0. The average Bonchev–Trinajstić information content (AvgIpc) is 1.53. The van der Waals surface area contributed by atoms with Gasteiger partial charge in [-0.15, -0.1) is 0 Å². The predicted molar refractivity (Wildman–Crippen MR) is 407 cm³/mol. The Balaban J connectivity index is 0.000000116. The lowest BCUT2D eigenvalue weighted by molar-refractivity contribution is 0.299. The van der Waals surface area contributed by atoms with E-state index in [1.165, 1.54) is 177 Å². The summed E-state index contributed by atoms with van der Waals surface area (Å²) in [5.74, 6) is 2.26. The zero-order valence-corrected chi connectivity index (χ0v) is 59.7. The maximum absolute atomic E-state index is 2.53. The summed E-state index contributed by atoms with van der Waals surface area (Å²) in [4.78, 5) is 2.32. The minimum Gasteiger partial charge on any atom is -0.311 e. The van der Waals surface area contributed by atoms with Gasteiger partial charge in [0.05, 0.1) is 5.41 Å². The summed E-state index contributed by atoms with van der Waals surface area (Å²) in [6.45, 7) is 36.0. The van der Waals surface area contributed by atoms with E-state index in [0.29, 0.717) is 16.7 Å². The molecular formula is C94H99N. The second-order valence-corrected chi connectivity index (χ2v) is 30.5. The van der Waals surface area contributed by atoms with Crippen molar-refractivity contribution in [3.8, 4) is 33.4 Å². The predicted octanol–water partition coefficient (Wildman–Crippen LogP) is 25.5. The third kappa shape index (κ3) is 11.5. The molecule has 1 nitrogen and oxygen atoms in total. The molecule has 1 unspecified atom stereocenters. The Morgan fingerprint density at radius 2 is 0.558 bits per heavy atom. The van der Waals surface area contributed by atoms with Crippen LogP contribution in [0.3, 0.4) is 0 Å². The summed E-state index contributed by atoms with van der Waals surface area (Å²) in [6, 6.07) is 86.7. The largest absolute Gasteiger partial charge is 0.311 e. The molecule has 0 heterocycles. The monoisotopic (exact) mass is 1240 g/mol. The van der Waals surface area contributed by atoms with Gasteiger partial charge in [0, 0.05) is 33.3 Å². The maximum Gasteiger partial charge on any atom is 0.0713 e. The fourth-order valence-electron chi connectivity index (χ4n) is 17.9. The zero-order chi connectivity index (χ0) is 66.9. The average molecular weight is 1240 g/mol. The van der Waals surface area contributed by atoms with Crippen molar-refractivity contribution in [1.82, 2.24) is 0 Å². The fraction of sp³-hybridized carbons (Fsp3) is 0.298. The highest BCUT2D eigenvalue weighted by Gasteiger charge is 2.65. The number of anilines is 3. The van der Waals surface area contributed by atoms with Gasteiger partial charge in [-0.1, -0.05) is 291 Å². The van der Waals surface area contributed by atoms with Crippen molar-refractivity contribution in [2.24, 2.45) is 11.8 Å². The first-order valence-corrected chi connectivity index (χ1v) is 35.4. The van der Waals surface area contributed by atoms with Gasteiger partial charge in [-0.25, -0.2) is 0 Å². The first kappa shape index (κ1) is 64.9. The Morgan fingerprint density at radius 3 is 0.863 bits per heavy atom. The topological polar surface area (TPSA) is 3.24 Å². The molecule has 480 valence electrons. The molecule has 5 aliphatic carbocycles. The van der Waals surface area contributed by atoms with Crippen molar-refractivity contribution in [1.29, 1.82) is 0 Å². The van der Waals surface area contributed by atoms with Crippen molar-refractivity contribution in [3.05, 3.63) is 336 Å². The molecule has 2 saturated carbocycles. The minimum atomic E-state index is -0.288. The van der Waals surface area contributed by atoms with Crippen LogP contribution in [0.4, 0.5) is 17.1 Å². The van der Waals surface area contributed by atoms with Gasteiger partial charge in [0.25, 0.3) is 0 Å². The van der Waals surface area contributed by atoms with E-state index < -0.39 is 0 Å². The number of benzene rings is 11. The van der Waals surface area contributed by atoms with Gasteiger partial charge >= 0.3 is 0 Å². The summed E-state index contributed by atoms with van der Waals surface area (Å²) in [5.41, 5.74) is 39.2. The Kier molecular flexibility index (Phi) is 17.4. The van der Waals surface area contributed by atoms with E-state index in [0.717, 1.165) is 11.8 Å². The molecule has 0 aromatic heterocycles. The third-order valence-corrected chi connectivity index (χ3v) is 22.7. The van der Waals surface area contributed by atoms with Crippen molar-refractivity contribution < 1.29 is 0 Å². The van der Waals surface area contributed by atoms with E-state index >= 15 is 0 Å². The molecule has 16 rings (SSSR count). The second-order valence-electron chi connectivity index (χ2n) is 30.5. The normalized spacial score (nSPS) is 19.2. The highest BCUT2D eigenvalue weighted by molar-refractivity contribution is 5.87. The van der Waals surface area contributed by atoms with Crippen LogP contribution in [0, 0.1) is 81.1 Å². The fourth-order valence-corrected chi connectivity index (χ4v) is 17.9. The summed E-state index contributed by atoms with van der Waals surface area (Å²) in [5, 5.41) is 0. The van der Waals surface area contributed by atoms with Crippen LogP contribution >= 0.6 is 0 Å². The molecule has 1 heteroatoms. The third-order valence-electron chi connectivity index (χ3n) is 22.7. The van der Waals surface area contributed by atoms with Crippen LogP contribution in [0.2, 0.25) is 0 Å². The molecule has 0 saturated heterocycles. The lowest BCUT2D eigenvalue weighted by atomic mass is 9.55. The number of nitrogens with zero attached hydrogens (tertiary/aromatic N) is 1. The molecule has 11 aromatic carbocycles. The number of hydrogen-bond acceptors (Lipinski definition) is 1. The molecule has 0 aliphatic heterocycles. The molecule has 11 aromatic rings. The van der Waals surface area contributed by atoms with E-state index in [2.05, 4.69) is 346 Å². The quantitative estimate of drug-likeness (QED) is 0.154. The second kappa shape index (κ2) is 25.4. The Labute approximate surface area is 570 Å². The van der Waals surface area contributed by atoms with E-state index in [9.17, 15) is 0 Å². The van der Waals surface area contributed by atoms with Crippen LogP contribution in [0.5, 0.6) is 0 Å². The van der Waals surface area contributed by atoms with Gasteiger partial charge in [-0.2, -0.15) is 0 Å². The van der Waals surface area contributed by atoms with Crippen molar-refractivity contribution in [2.45, 2.75) is 170 Å². The number of fused-ring (bicyclic) bond motifs is 9. The first-order chi connectivity index (χ1) is 45.5. The highest BCUT2D eigenvalue weighted by atomic mass is 15.1. The smallest absolute Gasteiger partial charge is 0.0713 e. The molecule has 5 aliphatic rings. The molecule has 0 N–H and O–H groups in total. The molecule has 0 amide bonds. The summed E-state index contributed by atoms with van der Waals surface area (Å²) in [6.07, 6.45) is 6.67. The van der Waals surface area contributed by atoms with Crippen LogP contribution in [0.25, 0.3) is 33.4 Å². The summed E-state index contributed by atoms with van der Waals surface area (Å²) in [7, 11) is 0. The minimum absolute atomic E-state index is 0.142. The van der Waals surface area contributed by atoms with E-state index in [1.807, 2.05) is 0 Å². The Bertz CT molecular complexity index is 4350. The lowest BCUT2D eigenvalue weighted by Gasteiger charge is -2.48. The molecule has 0 bridgehead atoms. The van der Waals surface area contributed by atoms with Crippen LogP contribution in [0.1, 0.15) is 185 Å². The van der Waals surface area contributed by atoms with Crippen LogP contribution in [-0.2, 0) is 21.7 Å². The van der Waals surface area contributed by atoms with Gasteiger partial charge in [-0.3, -0.25) is 0 Å². The van der Waals surface area contributed by atoms with Gasteiger partial charge in [0.1, 0.15) is 0 Å². The SMILES string of the molecule is CCC(C)c1ccc(N(c2ccc(C)cc2)c2ccc(C)cc2)cc1.Cc1ccc(C2(c3ccc(C)cc3)c3cc(C)ccc3-c3ccc(C)cc32)cc1.Cc1ccc2c(c1)C(C)(C)c1cc(C)ccc1-2.Cc1ccc2c(c1)C13CC(C)CC1(CC(C)C3)c1cc(C)ccc1-2. The van der Waals surface area contributed by atoms with Gasteiger partial charge < -0.3 is 4.90 Å². The summed E-state index contributed by atoms with van der Waals surface area (Å²) < 4.78 is 0. The maximum atomic E-state index is 2.53. The van der Waals surface area contributed by atoms with Gasteiger partial charge in [0.2, 0.25) is 0 Å². The molecule has 1 atom stereocenters. The first-order valence-electron chi connectivity index (χ1n) is 35.4. The summed E-state index contributed by atoms with van der Waals surface area (Å²) >= 11 is 0. The zero-order valence-electron chi connectivity index (χ0n) is 59.7. The lowest BCUT2D eigenvalue weighted by Crippen LogP contribution is -2.43. The van der Waals surface area contributed by atoms with Crippen molar-refractivity contribution in [2.75, 3.05) is 4.90 Å². The van der Waals surface area contributed by atoms with Crippen molar-refractivity contribution >= 4 is 17.1 Å². The number of aryl methyl sites for hydroxylation is 10. The van der Waals surface area contributed by atoms with Crippen LogP contribution in [0.15, 0.2) is 231 Å². The van der Waals surface area contributed by atoms with E-state index in [4.69, 9.17) is 0 Å². The molecular weight excluding hydrogens is 1140 g/mol. The molecule has 2 fully saturated rings. The molecule has 0 radical (unpaired) electrons. The van der Waals surface area contributed by atoms with Crippen molar-refractivity contribution in [3.63, 3.8) is 0 Å². The number of rotatable bonds is 7. The van der Waals surface area contributed by atoms with E-state index in [-0.39, 0.29) is 10.8 Å². The van der Waals surface area contributed by atoms with Crippen LogP contribution < -0.4 is 4.90 Å². The highest BCUT2D eigenvalue weighted by Crippen LogP contribution is 2.71. The Morgan fingerprint density at radius 1 is 0.316 bits per heavy atom. The standard InChI is InChI=1S/C29H26.C24H27N.C24H28.C17H18/c1-19-5-11-23(12-6-19)29(24-13-7-20(2)8-14-24)27-17-21(3)9-15-25(27)26-16-10-22(4)18-28(26)29;1-5-20(4)21-10-16-24(17-11-21)25(22-12-6-18(2)7-13-22)23-14-8-19(3)9-15-23;1-15-5-7-19-20-8-6-16(2)10-22(20)24-13-17(3)11-23(24,21(19)9-15)12-18(4)14-24;1-11-5-7-13-14-8-6-12(2)10-16(14)17(3,4)15(13)9-11/h5-18H,1-4H3;6-17,20H,5H2,1-4H3;5-10,17-18H,11-14H2,1-4H3;5-10H,1-4H3. The van der Waals surface area contributed by atoms with Gasteiger partial charge in [0.15, 0.2) is 0 Å². The van der Waals surface area contributed by atoms with Crippen LogP contribution in [-0.4, -0.2) is 0 Å². The molecule has 0 spiro atoms.